The maximum Gasteiger partial charge on any atom is 0.335 e. The summed E-state index contributed by atoms with van der Waals surface area (Å²) in [5.41, 5.74) is 2.75. The lowest BCUT2D eigenvalue weighted by Crippen LogP contribution is -2.34. The molecule has 138 valence electrons. The van der Waals surface area contributed by atoms with E-state index >= 15 is 0 Å². The number of benzene rings is 3. The van der Waals surface area contributed by atoms with Gasteiger partial charge in [0.1, 0.15) is 0 Å². The van der Waals surface area contributed by atoms with Gasteiger partial charge in [-0.1, -0.05) is 42.5 Å². The molecule has 1 aliphatic rings. The summed E-state index contributed by atoms with van der Waals surface area (Å²) in [5, 5.41) is 15.4. The van der Waals surface area contributed by atoms with Crippen LogP contribution in [0.15, 0.2) is 66.7 Å². The molecule has 3 aromatic carbocycles. The number of carboxylic acids is 1. The molecule has 1 heterocycles. The number of hydrogen-bond donors (Lipinski definition) is 2. The highest BCUT2D eigenvalue weighted by molar-refractivity contribution is 5.88. The van der Waals surface area contributed by atoms with Crippen molar-refractivity contribution in [2.45, 2.75) is 25.4 Å². The Hall–Kier alpha value is -2.85. The van der Waals surface area contributed by atoms with Gasteiger partial charge in [-0.2, -0.15) is 0 Å². The molecule has 0 bridgehead atoms. The second-order valence-corrected chi connectivity index (χ2v) is 7.24. The number of nitrogens with zero attached hydrogens (tertiary/aromatic N) is 1. The summed E-state index contributed by atoms with van der Waals surface area (Å²) in [7, 11) is 0. The predicted octanol–water partition coefficient (Wildman–Crippen LogP) is 4.47. The Bertz CT molecular complexity index is 947. The smallest absolute Gasteiger partial charge is 0.335 e. The third-order valence-electron chi connectivity index (χ3n) is 5.44. The van der Waals surface area contributed by atoms with E-state index in [1.165, 1.54) is 16.3 Å². The van der Waals surface area contributed by atoms with Gasteiger partial charge in [-0.15, -0.1) is 0 Å². The first-order valence-corrected chi connectivity index (χ1v) is 9.44. The van der Waals surface area contributed by atoms with E-state index < -0.39 is 5.97 Å². The zero-order valence-corrected chi connectivity index (χ0v) is 15.4. The summed E-state index contributed by atoms with van der Waals surface area (Å²) in [6.45, 7) is 4.14. The summed E-state index contributed by atoms with van der Waals surface area (Å²) >= 11 is 0. The van der Waals surface area contributed by atoms with Crippen LogP contribution in [0, 0.1) is 0 Å². The quantitative estimate of drug-likeness (QED) is 0.705. The molecule has 0 aliphatic carbocycles. The summed E-state index contributed by atoms with van der Waals surface area (Å²) < 4.78 is 0. The molecular weight excluding hydrogens is 336 g/mol. The van der Waals surface area contributed by atoms with Gasteiger partial charge in [0.2, 0.25) is 0 Å². The molecule has 0 spiro atoms. The van der Waals surface area contributed by atoms with Crippen molar-refractivity contribution in [3.63, 3.8) is 0 Å². The van der Waals surface area contributed by atoms with Crippen LogP contribution >= 0.6 is 0 Å². The first-order chi connectivity index (χ1) is 13.1. The average Bonchev–Trinajstić information content (AvgIpc) is 3.16. The topological polar surface area (TPSA) is 52.6 Å². The molecule has 1 aliphatic heterocycles. The molecule has 0 unspecified atom stereocenters. The van der Waals surface area contributed by atoms with E-state index in [1.54, 1.807) is 12.1 Å². The normalized spacial score (nSPS) is 18.0. The summed E-state index contributed by atoms with van der Waals surface area (Å²) in [4.78, 5) is 13.3. The van der Waals surface area contributed by atoms with Crippen LogP contribution in [0.1, 0.15) is 35.3 Å². The number of hydrogen-bond acceptors (Lipinski definition) is 3. The summed E-state index contributed by atoms with van der Waals surface area (Å²) in [5.74, 6) is -0.883. The Morgan fingerprint density at radius 1 is 1.07 bits per heavy atom. The molecule has 1 saturated heterocycles. The number of carboxylic acid groups (broad SMARTS) is 1. The molecule has 1 fully saturated rings. The Morgan fingerprint density at radius 3 is 2.59 bits per heavy atom. The van der Waals surface area contributed by atoms with Gasteiger partial charge in [-0.3, -0.25) is 0 Å². The fraction of sp³-hybridized carbons (Fsp3) is 0.261. The van der Waals surface area contributed by atoms with Gasteiger partial charge in [0, 0.05) is 30.9 Å². The number of anilines is 1. The van der Waals surface area contributed by atoms with Gasteiger partial charge < -0.3 is 15.3 Å². The number of fused-ring (bicyclic) bond motifs is 1. The van der Waals surface area contributed by atoms with Crippen LogP contribution < -0.4 is 10.2 Å². The van der Waals surface area contributed by atoms with Crippen LogP contribution in [0.4, 0.5) is 5.69 Å². The Kier molecular flexibility index (Phi) is 4.82. The van der Waals surface area contributed by atoms with E-state index in [-0.39, 0.29) is 6.04 Å². The van der Waals surface area contributed by atoms with E-state index in [1.807, 2.05) is 12.1 Å². The molecular formula is C23H24N2O2. The molecule has 27 heavy (non-hydrogen) atoms. The summed E-state index contributed by atoms with van der Waals surface area (Å²) in [6, 6.07) is 22.9. The van der Waals surface area contributed by atoms with Gasteiger partial charge in [0.05, 0.1) is 5.56 Å². The van der Waals surface area contributed by atoms with Gasteiger partial charge in [0.15, 0.2) is 0 Å². The molecule has 0 radical (unpaired) electrons. The highest BCUT2D eigenvalue weighted by Gasteiger charge is 2.24. The second-order valence-electron chi connectivity index (χ2n) is 7.24. The monoisotopic (exact) mass is 360 g/mol. The van der Waals surface area contributed by atoms with Crippen LogP contribution in [0.5, 0.6) is 0 Å². The maximum atomic E-state index is 11.0. The van der Waals surface area contributed by atoms with Crippen LogP contribution in [0.25, 0.3) is 10.8 Å². The number of nitrogens with one attached hydrogen (secondary N) is 1. The standard InChI is InChI=1S/C23H24N2O2/c1-16(21-8-4-6-17-5-2-3-7-22(17)21)24-19-13-14-25(15-19)20-11-9-18(10-12-20)23(26)27/h2-12,16,19,24H,13-15H2,1H3,(H,26,27)/t16-,19-/m1/s1. The highest BCUT2D eigenvalue weighted by Crippen LogP contribution is 2.26. The fourth-order valence-corrected chi connectivity index (χ4v) is 4.02. The molecule has 4 heteroatoms. The van der Waals surface area contributed by atoms with Crippen molar-refractivity contribution in [1.29, 1.82) is 0 Å². The van der Waals surface area contributed by atoms with E-state index in [4.69, 9.17) is 5.11 Å². The Morgan fingerprint density at radius 2 is 1.81 bits per heavy atom. The average molecular weight is 360 g/mol. The minimum absolute atomic E-state index is 0.274. The Balaban J connectivity index is 1.44. The first kappa shape index (κ1) is 17.6. The van der Waals surface area contributed by atoms with Crippen LogP contribution in [-0.2, 0) is 0 Å². The van der Waals surface area contributed by atoms with E-state index in [2.05, 4.69) is 59.6 Å². The highest BCUT2D eigenvalue weighted by atomic mass is 16.4. The Labute approximate surface area is 159 Å². The third-order valence-corrected chi connectivity index (χ3v) is 5.44. The fourth-order valence-electron chi connectivity index (χ4n) is 4.02. The molecule has 0 aromatic heterocycles. The van der Waals surface area contributed by atoms with E-state index in [9.17, 15) is 4.79 Å². The van der Waals surface area contributed by atoms with Crippen molar-refractivity contribution >= 4 is 22.4 Å². The van der Waals surface area contributed by atoms with Crippen molar-refractivity contribution in [1.82, 2.24) is 5.32 Å². The van der Waals surface area contributed by atoms with Gasteiger partial charge >= 0.3 is 5.97 Å². The van der Waals surface area contributed by atoms with Crippen molar-refractivity contribution < 1.29 is 9.90 Å². The predicted molar refractivity (Wildman–Crippen MR) is 110 cm³/mol. The minimum atomic E-state index is -0.883. The molecule has 0 saturated carbocycles. The minimum Gasteiger partial charge on any atom is -0.478 e. The van der Waals surface area contributed by atoms with Crippen molar-refractivity contribution in [2.24, 2.45) is 0 Å². The SMILES string of the molecule is C[C@@H](N[C@@H]1CCN(c2ccc(C(=O)O)cc2)C1)c1cccc2ccccc12. The number of carbonyl (C=O) groups is 1. The molecule has 2 atom stereocenters. The third kappa shape index (κ3) is 3.67. The lowest BCUT2D eigenvalue weighted by atomic mass is 9.99. The molecule has 4 rings (SSSR count). The van der Waals surface area contributed by atoms with Crippen molar-refractivity contribution in [3.05, 3.63) is 77.9 Å². The van der Waals surface area contributed by atoms with E-state index in [0.29, 0.717) is 11.6 Å². The van der Waals surface area contributed by atoms with Crippen LogP contribution in [0.3, 0.4) is 0 Å². The van der Waals surface area contributed by atoms with Crippen molar-refractivity contribution in [3.8, 4) is 0 Å². The first-order valence-electron chi connectivity index (χ1n) is 9.44. The zero-order chi connectivity index (χ0) is 18.8. The lowest BCUT2D eigenvalue weighted by Gasteiger charge is -2.23. The van der Waals surface area contributed by atoms with Crippen molar-refractivity contribution in [2.75, 3.05) is 18.0 Å². The molecule has 3 aromatic rings. The number of aromatic carboxylic acids is 1. The lowest BCUT2D eigenvalue weighted by molar-refractivity contribution is 0.0697. The zero-order valence-electron chi connectivity index (χ0n) is 15.4. The van der Waals surface area contributed by atoms with Crippen LogP contribution in [0.2, 0.25) is 0 Å². The van der Waals surface area contributed by atoms with E-state index in [0.717, 1.165) is 25.2 Å². The van der Waals surface area contributed by atoms with Crippen LogP contribution in [-0.4, -0.2) is 30.2 Å². The largest absolute Gasteiger partial charge is 0.478 e. The summed E-state index contributed by atoms with van der Waals surface area (Å²) in [6.07, 6.45) is 1.08. The maximum absolute atomic E-state index is 11.0. The second kappa shape index (κ2) is 7.41. The number of rotatable bonds is 5. The van der Waals surface area contributed by atoms with Gasteiger partial charge in [0.25, 0.3) is 0 Å². The van der Waals surface area contributed by atoms with Gasteiger partial charge in [-0.25, -0.2) is 4.79 Å². The molecule has 0 amide bonds. The molecule has 4 nitrogen and oxygen atoms in total. The molecule has 2 N–H and O–H groups in total. The van der Waals surface area contributed by atoms with Gasteiger partial charge in [-0.05, 0) is 53.9 Å².